The fourth-order valence-electron chi connectivity index (χ4n) is 3.37. The number of piperazine rings is 1. The van der Waals surface area contributed by atoms with Crippen molar-refractivity contribution in [2.75, 3.05) is 32.7 Å². The number of carboxylic acid groups (broad SMARTS) is 2. The summed E-state index contributed by atoms with van der Waals surface area (Å²) in [6.07, 6.45) is 15.0. The summed E-state index contributed by atoms with van der Waals surface area (Å²) in [6.45, 7) is 9.99. The summed E-state index contributed by atoms with van der Waals surface area (Å²) in [4.78, 5) is 27.7. The van der Waals surface area contributed by atoms with Crippen LogP contribution in [0.15, 0.2) is 54.4 Å². The first kappa shape index (κ1) is 27.5. The molecule has 2 heterocycles. The van der Waals surface area contributed by atoms with Crippen LogP contribution in [0.4, 0.5) is 0 Å². The number of aromatic nitrogens is 1. The number of carboxylic acids is 2. The molecule has 3 N–H and O–H groups in total. The maximum atomic E-state index is 10.8. The first-order chi connectivity index (χ1) is 15.4. The van der Waals surface area contributed by atoms with Crippen molar-refractivity contribution in [3.05, 3.63) is 54.4 Å². The van der Waals surface area contributed by atoms with Crippen LogP contribution in [0.1, 0.15) is 52.4 Å². The average molecular weight is 446 g/mol. The SMILES string of the molecule is CC1(C(=O)O)C=CC=C(C(=O)O)C1.CCCCCCCN1CCNCC1.c1ccncc1. The lowest BCUT2D eigenvalue weighted by molar-refractivity contribution is -0.145. The van der Waals surface area contributed by atoms with Gasteiger partial charge < -0.3 is 20.4 Å². The molecule has 0 saturated carbocycles. The molecule has 0 radical (unpaired) electrons. The fourth-order valence-corrected chi connectivity index (χ4v) is 3.37. The Morgan fingerprint density at radius 1 is 1.06 bits per heavy atom. The van der Waals surface area contributed by atoms with Crippen LogP contribution in [0.5, 0.6) is 0 Å². The molecule has 32 heavy (non-hydrogen) atoms. The molecule has 0 amide bonds. The number of nitrogens with zero attached hydrogens (tertiary/aromatic N) is 2. The van der Waals surface area contributed by atoms with E-state index in [0.29, 0.717) is 0 Å². The van der Waals surface area contributed by atoms with Crippen LogP contribution in [0.25, 0.3) is 0 Å². The standard InChI is InChI=1S/C11H24N2.C9H10O4.C5H5N/c1-2-3-4-5-6-9-13-10-7-12-8-11-13;1-9(8(12)13)4-2-3-6(5-9)7(10)11;1-2-4-6-5-3-1/h12H,2-11H2,1H3;2-4H,5H2,1H3,(H,10,11)(H,12,13);1-5H. The van der Waals surface area contributed by atoms with Gasteiger partial charge in [-0.3, -0.25) is 9.78 Å². The van der Waals surface area contributed by atoms with Crippen LogP contribution >= 0.6 is 0 Å². The van der Waals surface area contributed by atoms with Gasteiger partial charge in [0.1, 0.15) is 0 Å². The first-order valence-corrected chi connectivity index (χ1v) is 11.5. The molecule has 3 rings (SSSR count). The third-order valence-electron chi connectivity index (χ3n) is 5.44. The number of pyridine rings is 1. The molecule has 0 bridgehead atoms. The van der Waals surface area contributed by atoms with Crippen LogP contribution < -0.4 is 5.32 Å². The minimum absolute atomic E-state index is 0.0359. The van der Waals surface area contributed by atoms with Crippen molar-refractivity contribution in [1.82, 2.24) is 15.2 Å². The smallest absolute Gasteiger partial charge is 0.331 e. The molecule has 1 aliphatic carbocycles. The fraction of sp³-hybridized carbons (Fsp3) is 0.560. The molecule has 1 fully saturated rings. The lowest BCUT2D eigenvalue weighted by atomic mass is 9.80. The molecule has 178 valence electrons. The Hall–Kier alpha value is -2.51. The van der Waals surface area contributed by atoms with Crippen molar-refractivity contribution >= 4 is 11.9 Å². The topological polar surface area (TPSA) is 103 Å². The van der Waals surface area contributed by atoms with Gasteiger partial charge in [0.15, 0.2) is 0 Å². The van der Waals surface area contributed by atoms with E-state index < -0.39 is 17.4 Å². The van der Waals surface area contributed by atoms with Crippen molar-refractivity contribution in [3.63, 3.8) is 0 Å². The van der Waals surface area contributed by atoms with Gasteiger partial charge in [-0.05, 0) is 38.4 Å². The molecular formula is C25H39N3O4. The van der Waals surface area contributed by atoms with E-state index >= 15 is 0 Å². The van der Waals surface area contributed by atoms with Gasteiger partial charge in [-0.25, -0.2) is 4.79 Å². The molecule has 1 aromatic rings. The van der Waals surface area contributed by atoms with Crippen LogP contribution in [0, 0.1) is 5.41 Å². The van der Waals surface area contributed by atoms with E-state index in [2.05, 4.69) is 22.1 Å². The van der Waals surface area contributed by atoms with Crippen LogP contribution in [-0.4, -0.2) is 64.8 Å². The predicted molar refractivity (Wildman–Crippen MR) is 128 cm³/mol. The lowest BCUT2D eigenvalue weighted by Gasteiger charge is -2.26. The maximum absolute atomic E-state index is 10.8. The Morgan fingerprint density at radius 2 is 1.72 bits per heavy atom. The lowest BCUT2D eigenvalue weighted by Crippen LogP contribution is -2.43. The van der Waals surface area contributed by atoms with Crippen molar-refractivity contribution < 1.29 is 19.8 Å². The Bertz CT molecular complexity index is 688. The number of nitrogens with one attached hydrogen (secondary N) is 1. The summed E-state index contributed by atoms with van der Waals surface area (Å²) >= 11 is 0. The van der Waals surface area contributed by atoms with E-state index in [4.69, 9.17) is 10.2 Å². The van der Waals surface area contributed by atoms with Gasteiger partial charge >= 0.3 is 11.9 Å². The maximum Gasteiger partial charge on any atom is 0.331 e. The third-order valence-corrected chi connectivity index (χ3v) is 5.44. The number of hydrogen-bond donors (Lipinski definition) is 3. The van der Waals surface area contributed by atoms with Gasteiger partial charge in [0.2, 0.25) is 0 Å². The van der Waals surface area contributed by atoms with E-state index in [0.717, 1.165) is 0 Å². The molecular weight excluding hydrogens is 406 g/mol. The highest BCUT2D eigenvalue weighted by atomic mass is 16.4. The quantitative estimate of drug-likeness (QED) is 0.520. The molecule has 2 aliphatic rings. The van der Waals surface area contributed by atoms with E-state index in [1.807, 2.05) is 18.2 Å². The van der Waals surface area contributed by atoms with E-state index in [1.165, 1.54) is 90.0 Å². The zero-order chi connectivity index (χ0) is 23.7. The van der Waals surface area contributed by atoms with Crippen molar-refractivity contribution in [3.8, 4) is 0 Å². The van der Waals surface area contributed by atoms with Crippen molar-refractivity contribution in [2.45, 2.75) is 52.4 Å². The van der Waals surface area contributed by atoms with E-state index in [1.54, 1.807) is 12.4 Å². The second-order valence-electron chi connectivity index (χ2n) is 8.29. The van der Waals surface area contributed by atoms with Crippen LogP contribution in [-0.2, 0) is 9.59 Å². The number of carbonyl (C=O) groups is 2. The average Bonchev–Trinajstić information content (AvgIpc) is 2.81. The molecule has 1 saturated heterocycles. The summed E-state index contributed by atoms with van der Waals surface area (Å²) in [7, 11) is 0. The summed E-state index contributed by atoms with van der Waals surface area (Å²) in [5.74, 6) is -2.06. The minimum Gasteiger partial charge on any atom is -0.481 e. The molecule has 7 nitrogen and oxygen atoms in total. The molecule has 7 heteroatoms. The zero-order valence-electron chi connectivity index (χ0n) is 19.5. The van der Waals surface area contributed by atoms with Gasteiger partial charge in [-0.15, -0.1) is 0 Å². The predicted octanol–water partition coefficient (Wildman–Crippen LogP) is 3.99. The largest absolute Gasteiger partial charge is 0.481 e. The zero-order valence-corrected chi connectivity index (χ0v) is 19.5. The van der Waals surface area contributed by atoms with E-state index in [9.17, 15) is 9.59 Å². The Morgan fingerprint density at radius 3 is 2.22 bits per heavy atom. The summed E-state index contributed by atoms with van der Waals surface area (Å²) in [5, 5.41) is 20.9. The Kier molecular flexibility index (Phi) is 13.9. The molecule has 1 unspecified atom stereocenters. The monoisotopic (exact) mass is 445 g/mol. The molecule has 0 spiro atoms. The minimum atomic E-state index is -1.08. The number of allylic oxidation sites excluding steroid dienone is 2. The molecule has 1 aromatic heterocycles. The highest BCUT2D eigenvalue weighted by molar-refractivity contribution is 5.90. The van der Waals surface area contributed by atoms with Gasteiger partial charge in [-0.1, -0.05) is 56.9 Å². The highest BCUT2D eigenvalue weighted by Gasteiger charge is 2.34. The Balaban J connectivity index is 0.000000256. The normalized spacial score (nSPS) is 20.1. The van der Waals surface area contributed by atoms with Gasteiger partial charge in [0, 0.05) is 44.1 Å². The van der Waals surface area contributed by atoms with Crippen molar-refractivity contribution in [1.29, 1.82) is 0 Å². The molecule has 1 atom stereocenters. The first-order valence-electron chi connectivity index (χ1n) is 11.5. The summed E-state index contributed by atoms with van der Waals surface area (Å²) < 4.78 is 0. The van der Waals surface area contributed by atoms with E-state index in [-0.39, 0.29) is 12.0 Å². The summed E-state index contributed by atoms with van der Waals surface area (Å²) in [6, 6.07) is 5.72. The van der Waals surface area contributed by atoms with Crippen molar-refractivity contribution in [2.24, 2.45) is 5.41 Å². The summed E-state index contributed by atoms with van der Waals surface area (Å²) in [5.41, 5.74) is -0.949. The second kappa shape index (κ2) is 16.2. The van der Waals surface area contributed by atoms with Gasteiger partial charge in [0.25, 0.3) is 0 Å². The number of unbranched alkanes of at least 4 members (excludes halogenated alkanes) is 4. The van der Waals surface area contributed by atoms with Crippen LogP contribution in [0.2, 0.25) is 0 Å². The highest BCUT2D eigenvalue weighted by Crippen LogP contribution is 2.31. The molecule has 1 aliphatic heterocycles. The number of aliphatic carboxylic acids is 2. The number of rotatable bonds is 8. The Labute approximate surface area is 192 Å². The van der Waals surface area contributed by atoms with Gasteiger partial charge in [-0.2, -0.15) is 0 Å². The van der Waals surface area contributed by atoms with Gasteiger partial charge in [0.05, 0.1) is 5.41 Å². The van der Waals surface area contributed by atoms with Crippen LogP contribution in [0.3, 0.4) is 0 Å². The second-order valence-corrected chi connectivity index (χ2v) is 8.29. The number of hydrogen-bond acceptors (Lipinski definition) is 5. The molecule has 0 aromatic carbocycles. The third kappa shape index (κ3) is 11.8.